The summed E-state index contributed by atoms with van der Waals surface area (Å²) in [6.07, 6.45) is 6.97. The quantitative estimate of drug-likeness (QED) is 0.408. The summed E-state index contributed by atoms with van der Waals surface area (Å²) in [6.45, 7) is 4.07. The van der Waals surface area contributed by atoms with Crippen LogP contribution in [0.25, 0.3) is 0 Å². The summed E-state index contributed by atoms with van der Waals surface area (Å²) in [4.78, 5) is 24.9. The molecule has 2 rings (SSSR count). The van der Waals surface area contributed by atoms with Gasteiger partial charge in [-0.05, 0) is 32.1 Å². The highest BCUT2D eigenvalue weighted by Crippen LogP contribution is 2.44. The summed E-state index contributed by atoms with van der Waals surface area (Å²) >= 11 is 0. The smallest absolute Gasteiger partial charge is 0.319 e. The number of rotatable bonds is 1. The molecule has 2 fully saturated rings. The first-order valence-electron chi connectivity index (χ1n) is 6.92. The van der Waals surface area contributed by atoms with Crippen LogP contribution in [0.3, 0.4) is 0 Å². The van der Waals surface area contributed by atoms with Gasteiger partial charge >= 0.3 is 5.97 Å². The van der Waals surface area contributed by atoms with Crippen molar-refractivity contribution >= 4 is 11.8 Å². The first-order chi connectivity index (χ1) is 8.62. The van der Waals surface area contributed by atoms with Crippen LogP contribution in [0, 0.1) is 11.3 Å². The molecule has 0 radical (unpaired) electrons. The highest BCUT2D eigenvalue weighted by Gasteiger charge is 2.50. The minimum absolute atomic E-state index is 0.0801. The van der Waals surface area contributed by atoms with Gasteiger partial charge < -0.3 is 4.74 Å². The third-order valence-corrected chi connectivity index (χ3v) is 4.55. The van der Waals surface area contributed by atoms with E-state index in [9.17, 15) is 9.59 Å². The lowest BCUT2D eigenvalue weighted by Crippen LogP contribution is -2.43. The predicted molar refractivity (Wildman–Crippen MR) is 69.0 cm³/mol. The van der Waals surface area contributed by atoms with Gasteiger partial charge in [-0.3, -0.25) is 9.59 Å². The van der Waals surface area contributed by atoms with Gasteiger partial charge in [0.1, 0.15) is 5.41 Å². The lowest BCUT2D eigenvalue weighted by molar-refractivity contribution is -0.160. The van der Waals surface area contributed by atoms with Gasteiger partial charge in [-0.15, -0.1) is 0 Å². The van der Waals surface area contributed by atoms with E-state index in [1.54, 1.807) is 0 Å². The Balaban J connectivity index is 2.41. The molecular weight excluding hydrogens is 228 g/mol. The van der Waals surface area contributed by atoms with E-state index in [4.69, 9.17) is 4.74 Å². The van der Waals surface area contributed by atoms with Crippen molar-refractivity contribution in [2.75, 3.05) is 7.11 Å². The topological polar surface area (TPSA) is 43.4 Å². The molecule has 0 heterocycles. The predicted octanol–water partition coefficient (Wildman–Crippen LogP) is 3.04. The molecule has 2 atom stereocenters. The summed E-state index contributed by atoms with van der Waals surface area (Å²) in [7, 11) is 1.39. The third kappa shape index (κ3) is 2.11. The molecule has 0 aromatic heterocycles. The molecule has 0 amide bonds. The van der Waals surface area contributed by atoms with E-state index < -0.39 is 5.41 Å². The zero-order valence-corrected chi connectivity index (χ0v) is 11.2. The maximum atomic E-state index is 12.8. The van der Waals surface area contributed by atoms with Gasteiger partial charge in [-0.2, -0.15) is 0 Å². The highest BCUT2D eigenvalue weighted by molar-refractivity contribution is 6.06. The van der Waals surface area contributed by atoms with E-state index in [-0.39, 0.29) is 17.7 Å². The number of hydrogen-bond acceptors (Lipinski definition) is 3. The standard InChI is InChI=1S/C15H22O3/c1-11-7-3-5-9-15(14(17)18-2)10-6-4-8-12(11)13(15)16/h12H,1,3-10H2,2H3. The number of ether oxygens (including phenoxy) is 1. The third-order valence-electron chi connectivity index (χ3n) is 4.55. The van der Waals surface area contributed by atoms with Crippen LogP contribution in [0.1, 0.15) is 51.4 Å². The van der Waals surface area contributed by atoms with Gasteiger partial charge in [0.2, 0.25) is 0 Å². The van der Waals surface area contributed by atoms with Crippen molar-refractivity contribution in [2.24, 2.45) is 11.3 Å². The van der Waals surface area contributed by atoms with Crippen LogP contribution in [0.4, 0.5) is 0 Å². The van der Waals surface area contributed by atoms with Gasteiger partial charge in [0, 0.05) is 5.92 Å². The van der Waals surface area contributed by atoms with E-state index in [1.165, 1.54) is 7.11 Å². The second-order valence-corrected chi connectivity index (χ2v) is 5.60. The summed E-state index contributed by atoms with van der Waals surface area (Å²) in [5, 5.41) is 0. The number of allylic oxidation sites excluding steroid dienone is 1. The number of fused-ring (bicyclic) bond motifs is 2. The van der Waals surface area contributed by atoms with E-state index in [0.29, 0.717) is 12.8 Å². The lowest BCUT2D eigenvalue weighted by atomic mass is 9.69. The molecule has 0 N–H and O–H groups in total. The molecule has 0 aromatic carbocycles. The van der Waals surface area contributed by atoms with Crippen molar-refractivity contribution in [3.05, 3.63) is 12.2 Å². The van der Waals surface area contributed by atoms with Crippen LogP contribution >= 0.6 is 0 Å². The molecule has 0 saturated heterocycles. The van der Waals surface area contributed by atoms with Crippen LogP contribution in [-0.4, -0.2) is 18.9 Å². The Morgan fingerprint density at radius 3 is 2.61 bits per heavy atom. The summed E-state index contributed by atoms with van der Waals surface area (Å²) in [5.41, 5.74) is 0.147. The van der Waals surface area contributed by atoms with Crippen molar-refractivity contribution < 1.29 is 14.3 Å². The molecule has 2 saturated carbocycles. The first-order valence-corrected chi connectivity index (χ1v) is 6.92. The largest absolute Gasteiger partial charge is 0.468 e. The Labute approximate surface area is 109 Å². The SMILES string of the molecule is C=C1CCCCC2(C(=O)OC)CCCCC1C2=O. The van der Waals surface area contributed by atoms with Gasteiger partial charge in [-0.25, -0.2) is 0 Å². The molecule has 0 aliphatic heterocycles. The Morgan fingerprint density at radius 1 is 1.28 bits per heavy atom. The van der Waals surface area contributed by atoms with Crippen molar-refractivity contribution in [3.8, 4) is 0 Å². The minimum Gasteiger partial charge on any atom is -0.468 e. The summed E-state index contributed by atoms with van der Waals surface area (Å²) < 4.78 is 4.93. The Hall–Kier alpha value is -1.12. The van der Waals surface area contributed by atoms with Gasteiger partial charge in [0.25, 0.3) is 0 Å². The number of esters is 1. The second-order valence-electron chi connectivity index (χ2n) is 5.60. The molecule has 0 aromatic rings. The van der Waals surface area contributed by atoms with Crippen molar-refractivity contribution in [2.45, 2.75) is 51.4 Å². The number of methoxy groups -OCH3 is 1. The van der Waals surface area contributed by atoms with E-state index in [1.807, 2.05) is 0 Å². The van der Waals surface area contributed by atoms with Gasteiger partial charge in [0.15, 0.2) is 5.78 Å². The number of hydrogen-bond donors (Lipinski definition) is 0. The normalized spacial score (nSPS) is 33.3. The minimum atomic E-state index is -0.876. The number of ketones is 1. The summed E-state index contributed by atoms with van der Waals surface area (Å²) in [5.74, 6) is -0.363. The molecule has 3 heteroatoms. The zero-order chi connectivity index (χ0) is 13.2. The highest BCUT2D eigenvalue weighted by atomic mass is 16.5. The molecule has 2 aliphatic rings. The average Bonchev–Trinajstić information content (AvgIpc) is 2.55. The second kappa shape index (κ2) is 5.25. The maximum absolute atomic E-state index is 12.8. The Morgan fingerprint density at radius 2 is 1.94 bits per heavy atom. The van der Waals surface area contributed by atoms with Crippen LogP contribution in [0.5, 0.6) is 0 Å². The van der Waals surface area contributed by atoms with Gasteiger partial charge in [0.05, 0.1) is 7.11 Å². The van der Waals surface area contributed by atoms with Crippen molar-refractivity contribution in [1.29, 1.82) is 0 Å². The van der Waals surface area contributed by atoms with Crippen LogP contribution in [-0.2, 0) is 14.3 Å². The van der Waals surface area contributed by atoms with E-state index in [0.717, 1.165) is 44.1 Å². The fourth-order valence-corrected chi connectivity index (χ4v) is 3.45. The van der Waals surface area contributed by atoms with Crippen molar-refractivity contribution in [3.63, 3.8) is 0 Å². The molecule has 2 bridgehead atoms. The molecule has 3 nitrogen and oxygen atoms in total. The fourth-order valence-electron chi connectivity index (χ4n) is 3.45. The molecule has 2 aliphatic carbocycles. The van der Waals surface area contributed by atoms with E-state index >= 15 is 0 Å². The monoisotopic (exact) mass is 250 g/mol. The number of carbonyl (C=O) groups excluding carboxylic acids is 2. The number of carbonyl (C=O) groups is 2. The van der Waals surface area contributed by atoms with Crippen molar-refractivity contribution in [1.82, 2.24) is 0 Å². The average molecular weight is 250 g/mol. The Kier molecular flexibility index (Phi) is 3.88. The maximum Gasteiger partial charge on any atom is 0.319 e. The van der Waals surface area contributed by atoms with E-state index in [2.05, 4.69) is 6.58 Å². The Bertz CT molecular complexity index is 372. The van der Waals surface area contributed by atoms with Gasteiger partial charge in [-0.1, -0.05) is 31.4 Å². The van der Waals surface area contributed by atoms with Crippen LogP contribution in [0.15, 0.2) is 12.2 Å². The molecule has 2 unspecified atom stereocenters. The number of Topliss-reactive ketones (excluding diaryl/α,β-unsaturated/α-hetero) is 1. The zero-order valence-electron chi connectivity index (χ0n) is 11.2. The molecular formula is C15H22O3. The summed E-state index contributed by atoms with van der Waals surface area (Å²) in [6, 6.07) is 0. The van der Waals surface area contributed by atoms with Crippen LogP contribution in [0.2, 0.25) is 0 Å². The lowest BCUT2D eigenvalue weighted by Gasteiger charge is -2.33. The molecule has 100 valence electrons. The first kappa shape index (κ1) is 13.3. The fraction of sp³-hybridized carbons (Fsp3) is 0.733. The molecule has 18 heavy (non-hydrogen) atoms. The van der Waals surface area contributed by atoms with Crippen LogP contribution < -0.4 is 0 Å². The molecule has 0 spiro atoms.